The highest BCUT2D eigenvalue weighted by atomic mass is 16.2. The SMILES string of the molecule is O=C1c2c(c(=O)n3ncc(-c4ccccc4)c3n2Cc2ccccc2)CN1C1CCCCC1. The highest BCUT2D eigenvalue weighted by Crippen LogP contribution is 2.33. The molecule has 166 valence electrons. The first-order chi connectivity index (χ1) is 16.2. The minimum atomic E-state index is -0.182. The standard InChI is InChI=1S/C27H26N4O2/c32-26-23-18-29(21-14-8-3-9-15-21)27(33)24(23)30(17-19-10-4-1-5-11-19)25-22(16-28-31(25)26)20-12-6-2-7-13-20/h1-2,4-7,10-13,16,21H,3,8-9,14-15,17-18H2. The molecule has 1 fully saturated rings. The van der Waals surface area contributed by atoms with E-state index < -0.39 is 0 Å². The van der Waals surface area contributed by atoms with Crippen LogP contribution in [0.25, 0.3) is 16.8 Å². The molecule has 0 saturated heterocycles. The summed E-state index contributed by atoms with van der Waals surface area (Å²) in [5, 5.41) is 4.49. The average molecular weight is 439 g/mol. The van der Waals surface area contributed by atoms with Crippen LogP contribution < -0.4 is 5.56 Å². The van der Waals surface area contributed by atoms with Gasteiger partial charge in [-0.05, 0) is 24.0 Å². The Kier molecular flexibility index (Phi) is 4.86. The molecule has 0 atom stereocenters. The molecule has 0 spiro atoms. The van der Waals surface area contributed by atoms with Crippen LogP contribution in [0.3, 0.4) is 0 Å². The highest BCUT2D eigenvalue weighted by molar-refractivity contribution is 5.98. The number of fused-ring (bicyclic) bond motifs is 2. The first kappa shape index (κ1) is 20.0. The van der Waals surface area contributed by atoms with E-state index >= 15 is 0 Å². The van der Waals surface area contributed by atoms with Crippen molar-refractivity contribution in [3.8, 4) is 11.1 Å². The molecule has 1 saturated carbocycles. The number of hydrogen-bond acceptors (Lipinski definition) is 3. The number of amides is 1. The van der Waals surface area contributed by atoms with Crippen molar-refractivity contribution >= 4 is 11.6 Å². The number of hydrogen-bond donors (Lipinski definition) is 0. The lowest BCUT2D eigenvalue weighted by atomic mass is 9.94. The van der Waals surface area contributed by atoms with Crippen LogP contribution in [0.2, 0.25) is 0 Å². The Balaban J connectivity index is 1.58. The van der Waals surface area contributed by atoms with Gasteiger partial charge in [-0.1, -0.05) is 79.9 Å². The van der Waals surface area contributed by atoms with Crippen molar-refractivity contribution in [1.82, 2.24) is 19.1 Å². The van der Waals surface area contributed by atoms with Crippen LogP contribution in [-0.4, -0.2) is 31.0 Å². The van der Waals surface area contributed by atoms with Crippen LogP contribution in [0.15, 0.2) is 71.7 Å². The van der Waals surface area contributed by atoms with E-state index in [4.69, 9.17) is 0 Å². The van der Waals surface area contributed by atoms with Gasteiger partial charge in [0.1, 0.15) is 11.3 Å². The molecule has 1 amide bonds. The summed E-state index contributed by atoms with van der Waals surface area (Å²) in [5.74, 6) is -0.0207. The fourth-order valence-corrected chi connectivity index (χ4v) is 5.44. The minimum Gasteiger partial charge on any atom is -0.330 e. The third kappa shape index (κ3) is 3.28. The van der Waals surface area contributed by atoms with Crippen molar-refractivity contribution in [3.63, 3.8) is 0 Å². The number of benzene rings is 2. The van der Waals surface area contributed by atoms with Crippen LogP contribution in [0.5, 0.6) is 0 Å². The molecule has 33 heavy (non-hydrogen) atoms. The van der Waals surface area contributed by atoms with E-state index in [9.17, 15) is 9.59 Å². The molecule has 2 aliphatic rings. The Morgan fingerprint density at radius 3 is 2.30 bits per heavy atom. The van der Waals surface area contributed by atoms with Crippen molar-refractivity contribution < 1.29 is 4.79 Å². The maximum atomic E-state index is 13.8. The smallest absolute Gasteiger partial charge is 0.280 e. The maximum Gasteiger partial charge on any atom is 0.280 e. The zero-order valence-electron chi connectivity index (χ0n) is 18.5. The van der Waals surface area contributed by atoms with Crippen LogP contribution in [0.1, 0.15) is 53.7 Å². The second-order valence-corrected chi connectivity index (χ2v) is 9.09. The van der Waals surface area contributed by atoms with E-state index in [0.717, 1.165) is 42.4 Å². The molecule has 6 rings (SSSR count). The van der Waals surface area contributed by atoms with Gasteiger partial charge in [0.25, 0.3) is 11.5 Å². The van der Waals surface area contributed by atoms with Gasteiger partial charge >= 0.3 is 0 Å². The summed E-state index contributed by atoms with van der Waals surface area (Å²) in [6, 6.07) is 20.2. The highest BCUT2D eigenvalue weighted by Gasteiger charge is 2.38. The molecule has 6 heteroatoms. The van der Waals surface area contributed by atoms with Gasteiger partial charge in [0.2, 0.25) is 0 Å². The zero-order chi connectivity index (χ0) is 22.4. The summed E-state index contributed by atoms with van der Waals surface area (Å²) >= 11 is 0. The minimum absolute atomic E-state index is 0.0207. The largest absolute Gasteiger partial charge is 0.330 e. The van der Waals surface area contributed by atoms with Gasteiger partial charge in [-0.15, -0.1) is 0 Å². The van der Waals surface area contributed by atoms with E-state index in [0.29, 0.717) is 30.0 Å². The van der Waals surface area contributed by atoms with Gasteiger partial charge in [-0.2, -0.15) is 9.61 Å². The van der Waals surface area contributed by atoms with Crippen molar-refractivity contribution in [3.05, 3.63) is 94.0 Å². The normalized spacial score (nSPS) is 16.5. The van der Waals surface area contributed by atoms with Crippen LogP contribution >= 0.6 is 0 Å². The van der Waals surface area contributed by atoms with Crippen molar-refractivity contribution in [1.29, 1.82) is 0 Å². The van der Waals surface area contributed by atoms with Gasteiger partial charge in [-0.3, -0.25) is 9.59 Å². The predicted octanol–water partition coefficient (Wildman–Crippen LogP) is 4.50. The van der Waals surface area contributed by atoms with Crippen LogP contribution in [0, 0.1) is 0 Å². The number of aromatic nitrogens is 3. The third-order valence-electron chi connectivity index (χ3n) is 7.08. The van der Waals surface area contributed by atoms with E-state index in [1.54, 1.807) is 6.20 Å². The number of carbonyl (C=O) groups is 1. The summed E-state index contributed by atoms with van der Waals surface area (Å²) < 4.78 is 3.51. The first-order valence-corrected chi connectivity index (χ1v) is 11.8. The lowest BCUT2D eigenvalue weighted by molar-refractivity contribution is 0.0652. The second kappa shape index (κ2) is 8.03. The van der Waals surface area contributed by atoms with Crippen molar-refractivity contribution in [2.24, 2.45) is 0 Å². The molecular weight excluding hydrogens is 412 g/mol. The lowest BCUT2D eigenvalue weighted by Crippen LogP contribution is -2.37. The topological polar surface area (TPSA) is 59.6 Å². The van der Waals surface area contributed by atoms with E-state index in [2.05, 4.69) is 17.2 Å². The fourth-order valence-electron chi connectivity index (χ4n) is 5.44. The Hall–Kier alpha value is -3.67. The van der Waals surface area contributed by atoms with Gasteiger partial charge < -0.3 is 9.47 Å². The van der Waals surface area contributed by atoms with E-state index in [1.807, 2.05) is 58.0 Å². The Bertz CT molecular complexity index is 1380. The predicted molar refractivity (Wildman–Crippen MR) is 127 cm³/mol. The third-order valence-corrected chi connectivity index (χ3v) is 7.08. The molecular formula is C27H26N4O2. The summed E-state index contributed by atoms with van der Waals surface area (Å²) in [7, 11) is 0. The molecule has 1 aliphatic heterocycles. The van der Waals surface area contributed by atoms with Gasteiger partial charge in [0, 0.05) is 18.2 Å². The monoisotopic (exact) mass is 438 g/mol. The van der Waals surface area contributed by atoms with Crippen molar-refractivity contribution in [2.75, 3.05) is 0 Å². The number of rotatable bonds is 4. The average Bonchev–Trinajstić information content (AvgIpc) is 3.46. The zero-order valence-corrected chi connectivity index (χ0v) is 18.5. The van der Waals surface area contributed by atoms with Crippen LogP contribution in [0.4, 0.5) is 0 Å². The van der Waals surface area contributed by atoms with E-state index in [1.165, 1.54) is 10.9 Å². The van der Waals surface area contributed by atoms with Crippen molar-refractivity contribution in [2.45, 2.75) is 51.2 Å². The summed E-state index contributed by atoms with van der Waals surface area (Å²) in [5.41, 5.74) is 4.50. The summed E-state index contributed by atoms with van der Waals surface area (Å²) in [6.07, 6.45) is 7.27. The quantitative estimate of drug-likeness (QED) is 0.471. The molecule has 0 radical (unpaired) electrons. The molecule has 2 aromatic heterocycles. The molecule has 6 nitrogen and oxygen atoms in total. The molecule has 1 aliphatic carbocycles. The molecule has 0 bridgehead atoms. The Morgan fingerprint density at radius 2 is 1.58 bits per heavy atom. The Morgan fingerprint density at radius 1 is 0.879 bits per heavy atom. The lowest BCUT2D eigenvalue weighted by Gasteiger charge is -2.30. The molecule has 3 heterocycles. The fraction of sp³-hybridized carbons (Fsp3) is 0.296. The van der Waals surface area contributed by atoms with E-state index in [-0.39, 0.29) is 17.5 Å². The molecule has 4 aromatic rings. The first-order valence-electron chi connectivity index (χ1n) is 11.8. The summed E-state index contributed by atoms with van der Waals surface area (Å²) in [6.45, 7) is 0.881. The van der Waals surface area contributed by atoms with Crippen LogP contribution in [-0.2, 0) is 13.1 Å². The van der Waals surface area contributed by atoms with Gasteiger partial charge in [0.15, 0.2) is 0 Å². The number of carbonyl (C=O) groups excluding carboxylic acids is 1. The van der Waals surface area contributed by atoms with Gasteiger partial charge in [-0.25, -0.2) is 0 Å². The summed E-state index contributed by atoms with van der Waals surface area (Å²) in [4.78, 5) is 29.3. The number of nitrogens with zero attached hydrogens (tertiary/aromatic N) is 4. The molecule has 0 unspecified atom stereocenters. The Labute approximate surface area is 192 Å². The maximum absolute atomic E-state index is 13.8. The second-order valence-electron chi connectivity index (χ2n) is 9.09. The molecule has 2 aromatic carbocycles. The van der Waals surface area contributed by atoms with Gasteiger partial charge in [0.05, 0.1) is 18.3 Å². The molecule has 0 N–H and O–H groups in total.